The van der Waals surface area contributed by atoms with E-state index < -0.39 is 11.3 Å². The van der Waals surface area contributed by atoms with E-state index in [-0.39, 0.29) is 18.8 Å². The molecule has 1 heterocycles. The highest BCUT2D eigenvalue weighted by atomic mass is 35.5. The smallest absolute Gasteiger partial charge is 0.254 e. The first-order chi connectivity index (χ1) is 6.16. The monoisotopic (exact) mass is 225 g/mol. The van der Waals surface area contributed by atoms with Crippen LogP contribution in [-0.2, 0) is 0 Å². The van der Waals surface area contributed by atoms with Crippen LogP contribution in [0.15, 0.2) is 0 Å². The Balaban J connectivity index is 0.000000980. The Morgan fingerprint density at radius 1 is 0.929 bits per heavy atom. The van der Waals surface area contributed by atoms with Gasteiger partial charge in [0.15, 0.2) is 0 Å². The normalized spacial score (nSPS) is 36.4. The Labute approximate surface area is 90.0 Å². The van der Waals surface area contributed by atoms with Gasteiger partial charge in [0.2, 0.25) is 0 Å². The molecule has 1 aliphatic carbocycles. The number of halogens is 3. The fourth-order valence-electron chi connectivity index (χ4n) is 2.75. The first-order valence-electron chi connectivity index (χ1n) is 5.25. The van der Waals surface area contributed by atoms with Crippen molar-refractivity contribution in [2.24, 2.45) is 5.41 Å². The molecule has 1 aliphatic heterocycles. The molecule has 1 saturated carbocycles. The van der Waals surface area contributed by atoms with E-state index in [4.69, 9.17) is 0 Å². The lowest BCUT2D eigenvalue weighted by Crippen LogP contribution is -2.53. The number of rotatable bonds is 0. The van der Waals surface area contributed by atoms with E-state index in [9.17, 15) is 8.78 Å². The van der Waals surface area contributed by atoms with Gasteiger partial charge in [-0.15, -0.1) is 12.4 Å². The minimum absolute atomic E-state index is 0. The Hall–Kier alpha value is 0.110. The first kappa shape index (κ1) is 12.2. The Kier molecular flexibility index (Phi) is 3.75. The van der Waals surface area contributed by atoms with Crippen LogP contribution in [0.3, 0.4) is 0 Å². The second-order valence-corrected chi connectivity index (χ2v) is 4.47. The average Bonchev–Trinajstić information content (AvgIpc) is 2.12. The number of hydrogen-bond acceptors (Lipinski definition) is 1. The van der Waals surface area contributed by atoms with Gasteiger partial charge in [-0.25, -0.2) is 8.78 Å². The molecule has 0 aromatic rings. The number of alkyl halides is 2. The van der Waals surface area contributed by atoms with E-state index in [2.05, 4.69) is 5.32 Å². The van der Waals surface area contributed by atoms with Crippen LogP contribution in [0.5, 0.6) is 0 Å². The summed E-state index contributed by atoms with van der Waals surface area (Å²) in [6.07, 6.45) is 4.14. The van der Waals surface area contributed by atoms with E-state index in [0.717, 1.165) is 19.4 Å². The molecule has 1 nitrogen and oxygen atoms in total. The average molecular weight is 226 g/mol. The third-order valence-corrected chi connectivity index (χ3v) is 3.64. The van der Waals surface area contributed by atoms with Crippen molar-refractivity contribution in [3.05, 3.63) is 0 Å². The van der Waals surface area contributed by atoms with Gasteiger partial charge in [-0.1, -0.05) is 6.42 Å². The van der Waals surface area contributed by atoms with Crippen molar-refractivity contribution < 1.29 is 8.78 Å². The van der Waals surface area contributed by atoms with Crippen LogP contribution >= 0.6 is 12.4 Å². The number of hydrogen-bond donors (Lipinski definition) is 1. The van der Waals surface area contributed by atoms with Crippen molar-refractivity contribution in [3.8, 4) is 0 Å². The highest BCUT2D eigenvalue weighted by molar-refractivity contribution is 5.85. The molecular weight excluding hydrogens is 208 g/mol. The van der Waals surface area contributed by atoms with E-state index in [1.807, 2.05) is 0 Å². The molecule has 84 valence electrons. The summed E-state index contributed by atoms with van der Waals surface area (Å²) in [5, 5.41) is 3.12. The Morgan fingerprint density at radius 3 is 2.14 bits per heavy atom. The summed E-state index contributed by atoms with van der Waals surface area (Å²) in [5.41, 5.74) is -0.691. The van der Waals surface area contributed by atoms with E-state index in [1.165, 1.54) is 0 Å². The maximum absolute atomic E-state index is 13.7. The van der Waals surface area contributed by atoms with E-state index >= 15 is 0 Å². The van der Waals surface area contributed by atoms with Crippen LogP contribution in [0.1, 0.15) is 38.5 Å². The minimum atomic E-state index is -2.42. The summed E-state index contributed by atoms with van der Waals surface area (Å²) >= 11 is 0. The van der Waals surface area contributed by atoms with Crippen LogP contribution in [-0.4, -0.2) is 19.0 Å². The molecule has 0 radical (unpaired) electrons. The maximum atomic E-state index is 13.7. The molecule has 4 heteroatoms. The van der Waals surface area contributed by atoms with Gasteiger partial charge in [0, 0.05) is 18.4 Å². The molecule has 1 atom stereocenters. The van der Waals surface area contributed by atoms with Gasteiger partial charge in [-0.2, -0.15) is 0 Å². The highest BCUT2D eigenvalue weighted by Crippen LogP contribution is 2.51. The van der Waals surface area contributed by atoms with Crippen molar-refractivity contribution >= 4 is 12.4 Å². The van der Waals surface area contributed by atoms with Gasteiger partial charge < -0.3 is 5.32 Å². The maximum Gasteiger partial charge on any atom is 0.254 e. The van der Waals surface area contributed by atoms with E-state index in [0.29, 0.717) is 25.8 Å². The molecule has 2 fully saturated rings. The molecule has 2 aliphatic rings. The molecule has 0 aromatic heterocycles. The third kappa shape index (κ3) is 1.89. The summed E-state index contributed by atoms with van der Waals surface area (Å²) < 4.78 is 27.4. The van der Waals surface area contributed by atoms with Gasteiger partial charge in [0.1, 0.15) is 0 Å². The summed E-state index contributed by atoms with van der Waals surface area (Å²) in [6, 6.07) is 0. The van der Waals surface area contributed by atoms with E-state index in [1.54, 1.807) is 0 Å². The predicted molar refractivity (Wildman–Crippen MR) is 55.2 cm³/mol. The standard InChI is InChI=1S/C10H17F2N.ClH/c11-10(12)6-2-1-4-9(10)5-3-7-13-8-9;/h13H,1-8H2;1H. The molecule has 0 bridgehead atoms. The Bertz CT molecular complexity index is 182. The minimum Gasteiger partial charge on any atom is -0.316 e. The molecule has 0 amide bonds. The fourth-order valence-corrected chi connectivity index (χ4v) is 2.75. The van der Waals surface area contributed by atoms with Crippen molar-refractivity contribution in [1.82, 2.24) is 5.32 Å². The largest absolute Gasteiger partial charge is 0.316 e. The molecule has 1 unspecified atom stereocenters. The lowest BCUT2D eigenvalue weighted by molar-refractivity contribution is -0.158. The number of piperidine rings is 1. The van der Waals surface area contributed by atoms with Crippen molar-refractivity contribution in [1.29, 1.82) is 0 Å². The van der Waals surface area contributed by atoms with Gasteiger partial charge in [-0.05, 0) is 32.2 Å². The summed E-state index contributed by atoms with van der Waals surface area (Å²) in [7, 11) is 0. The lowest BCUT2D eigenvalue weighted by Gasteiger charge is -2.46. The molecule has 1 N–H and O–H groups in total. The van der Waals surface area contributed by atoms with Crippen LogP contribution in [0, 0.1) is 5.41 Å². The SMILES string of the molecule is Cl.FC1(F)CCCCC12CCCNC2. The first-order valence-corrected chi connectivity index (χ1v) is 5.25. The zero-order valence-corrected chi connectivity index (χ0v) is 9.14. The molecule has 1 saturated heterocycles. The molecule has 14 heavy (non-hydrogen) atoms. The molecule has 0 aromatic carbocycles. The van der Waals surface area contributed by atoms with Gasteiger partial charge >= 0.3 is 0 Å². The summed E-state index contributed by atoms with van der Waals surface area (Å²) in [4.78, 5) is 0. The van der Waals surface area contributed by atoms with Crippen LogP contribution in [0.25, 0.3) is 0 Å². The van der Waals surface area contributed by atoms with Crippen molar-refractivity contribution in [2.45, 2.75) is 44.4 Å². The van der Waals surface area contributed by atoms with Crippen LogP contribution in [0.2, 0.25) is 0 Å². The van der Waals surface area contributed by atoms with Gasteiger partial charge in [0.05, 0.1) is 0 Å². The zero-order valence-electron chi connectivity index (χ0n) is 8.32. The molecule has 2 rings (SSSR count). The second kappa shape index (κ2) is 4.31. The summed E-state index contributed by atoms with van der Waals surface area (Å²) in [6.45, 7) is 1.44. The van der Waals surface area contributed by atoms with Gasteiger partial charge in [-0.3, -0.25) is 0 Å². The fraction of sp³-hybridized carbons (Fsp3) is 1.00. The third-order valence-electron chi connectivity index (χ3n) is 3.64. The second-order valence-electron chi connectivity index (χ2n) is 4.47. The van der Waals surface area contributed by atoms with Crippen LogP contribution in [0.4, 0.5) is 8.78 Å². The summed E-state index contributed by atoms with van der Waals surface area (Å²) in [5.74, 6) is -2.42. The van der Waals surface area contributed by atoms with Crippen molar-refractivity contribution in [2.75, 3.05) is 13.1 Å². The molecular formula is C10H18ClF2N. The zero-order chi connectivity index (χ0) is 9.36. The lowest BCUT2D eigenvalue weighted by atomic mass is 9.67. The predicted octanol–water partition coefficient (Wildman–Crippen LogP) is 2.99. The molecule has 1 spiro atoms. The number of nitrogens with one attached hydrogen (secondary N) is 1. The highest BCUT2D eigenvalue weighted by Gasteiger charge is 2.54. The quantitative estimate of drug-likeness (QED) is 0.669. The topological polar surface area (TPSA) is 12.0 Å². The van der Waals surface area contributed by atoms with Crippen LogP contribution < -0.4 is 5.32 Å². The Morgan fingerprint density at radius 2 is 1.57 bits per heavy atom. The van der Waals surface area contributed by atoms with Crippen molar-refractivity contribution in [3.63, 3.8) is 0 Å². The van der Waals surface area contributed by atoms with Gasteiger partial charge in [0.25, 0.3) is 5.92 Å².